The van der Waals surface area contributed by atoms with Crippen LogP contribution in [0.2, 0.25) is 0 Å². The van der Waals surface area contributed by atoms with Crippen LogP contribution >= 0.6 is 0 Å². The lowest BCUT2D eigenvalue weighted by molar-refractivity contribution is -0.0479. The van der Waals surface area contributed by atoms with Crippen LogP contribution in [0.4, 0.5) is 0 Å². The molecule has 2 heterocycles. The summed E-state index contributed by atoms with van der Waals surface area (Å²) in [6.45, 7) is 13.4. The van der Waals surface area contributed by atoms with Crippen LogP contribution < -0.4 is 10.1 Å². The Hall–Kier alpha value is -1.83. The molecule has 2 fully saturated rings. The zero-order chi connectivity index (χ0) is 18.6. The van der Waals surface area contributed by atoms with Crippen molar-refractivity contribution in [2.24, 2.45) is 16.7 Å². The molecule has 2 unspecified atom stereocenters. The largest absolute Gasteiger partial charge is 0.490 e. The van der Waals surface area contributed by atoms with E-state index in [1.807, 2.05) is 12.1 Å². The molecule has 2 aliphatic heterocycles. The van der Waals surface area contributed by atoms with Crippen LogP contribution in [0.5, 0.6) is 5.75 Å². The summed E-state index contributed by atoms with van der Waals surface area (Å²) in [5.41, 5.74) is 1.35. The van der Waals surface area contributed by atoms with Crippen molar-refractivity contribution in [3.63, 3.8) is 0 Å². The molecule has 3 rings (SSSR count). The van der Waals surface area contributed by atoms with E-state index in [-0.39, 0.29) is 0 Å². The van der Waals surface area contributed by atoms with E-state index < -0.39 is 0 Å². The van der Waals surface area contributed by atoms with Gasteiger partial charge in [-0.05, 0) is 48.6 Å². The Balaban J connectivity index is 1.49. The maximum Gasteiger partial charge on any atom is 0.119 e. The minimum atomic E-state index is 0.319. The highest BCUT2D eigenvalue weighted by Crippen LogP contribution is 2.48. The molecule has 140 valence electrons. The molecule has 1 N–H and O–H groups in total. The van der Waals surface area contributed by atoms with Crippen molar-refractivity contribution < 1.29 is 4.74 Å². The summed E-state index contributed by atoms with van der Waals surface area (Å²) in [5.74, 6) is 1.57. The molecular weight excluding hydrogens is 322 g/mol. The van der Waals surface area contributed by atoms with Crippen LogP contribution in [0.1, 0.15) is 32.8 Å². The lowest BCUT2D eigenvalue weighted by Crippen LogP contribution is -2.62. The average molecular weight is 354 g/mol. The van der Waals surface area contributed by atoms with Crippen LogP contribution in [0.25, 0.3) is 0 Å². The summed E-state index contributed by atoms with van der Waals surface area (Å²) < 4.78 is 5.72. The van der Waals surface area contributed by atoms with E-state index in [2.05, 4.69) is 49.2 Å². The molecule has 0 amide bonds. The number of benzene rings is 1. The fraction of sp³-hybridized carbons (Fsp3) is 0.591. The lowest BCUT2D eigenvalue weighted by Gasteiger charge is -2.56. The van der Waals surface area contributed by atoms with Crippen molar-refractivity contribution >= 4 is 0 Å². The van der Waals surface area contributed by atoms with Crippen LogP contribution in [-0.2, 0) is 0 Å². The van der Waals surface area contributed by atoms with Crippen LogP contribution in [-0.4, -0.2) is 44.2 Å². The van der Waals surface area contributed by atoms with Gasteiger partial charge in [0.1, 0.15) is 12.4 Å². The van der Waals surface area contributed by atoms with Crippen molar-refractivity contribution in [3.8, 4) is 11.8 Å². The van der Waals surface area contributed by atoms with Gasteiger partial charge in [0.05, 0.1) is 11.6 Å². The second-order valence-corrected chi connectivity index (χ2v) is 8.84. The van der Waals surface area contributed by atoms with E-state index in [0.717, 1.165) is 31.3 Å². The monoisotopic (exact) mass is 353 g/mol. The Morgan fingerprint density at radius 2 is 2.08 bits per heavy atom. The number of ether oxygens (including phenoxy) is 1. The van der Waals surface area contributed by atoms with E-state index in [1.54, 1.807) is 12.1 Å². The van der Waals surface area contributed by atoms with Crippen molar-refractivity contribution in [2.75, 3.05) is 39.3 Å². The molecule has 2 saturated heterocycles. The van der Waals surface area contributed by atoms with Crippen molar-refractivity contribution in [1.82, 2.24) is 10.2 Å². The Morgan fingerprint density at radius 1 is 1.31 bits per heavy atom. The highest BCUT2D eigenvalue weighted by atomic mass is 16.5. The number of likely N-dealkylation sites (tertiary alicyclic amines) is 1. The smallest absolute Gasteiger partial charge is 0.119 e. The van der Waals surface area contributed by atoms with E-state index in [9.17, 15) is 0 Å². The van der Waals surface area contributed by atoms with E-state index >= 15 is 0 Å². The Morgan fingerprint density at radius 3 is 2.77 bits per heavy atom. The zero-order valence-electron chi connectivity index (χ0n) is 16.3. The Kier molecular flexibility index (Phi) is 5.70. The summed E-state index contributed by atoms with van der Waals surface area (Å²) in [4.78, 5) is 2.61. The first-order chi connectivity index (χ1) is 12.4. The van der Waals surface area contributed by atoms with Crippen molar-refractivity contribution in [2.45, 2.75) is 27.2 Å². The number of rotatable bonds is 5. The second kappa shape index (κ2) is 7.82. The number of hydrogen-bond donors (Lipinski definition) is 1. The minimum absolute atomic E-state index is 0.319. The number of nitriles is 1. The zero-order valence-corrected chi connectivity index (χ0v) is 16.3. The van der Waals surface area contributed by atoms with Gasteiger partial charge in [0, 0.05) is 31.6 Å². The molecule has 2 bridgehead atoms. The summed E-state index contributed by atoms with van der Waals surface area (Å²) in [7, 11) is 0. The third kappa shape index (κ3) is 4.28. The highest BCUT2D eigenvalue weighted by molar-refractivity contribution is 5.34. The minimum Gasteiger partial charge on any atom is -0.490 e. The van der Waals surface area contributed by atoms with Gasteiger partial charge in [-0.1, -0.05) is 32.9 Å². The fourth-order valence-electron chi connectivity index (χ4n) is 4.33. The number of nitrogens with zero attached hydrogens (tertiary/aromatic N) is 2. The molecule has 4 heteroatoms. The van der Waals surface area contributed by atoms with Crippen LogP contribution in [0.3, 0.4) is 0 Å². The number of hydrogen-bond acceptors (Lipinski definition) is 4. The molecule has 0 aromatic heterocycles. The van der Waals surface area contributed by atoms with Gasteiger partial charge in [-0.2, -0.15) is 5.26 Å². The quantitative estimate of drug-likeness (QED) is 0.824. The predicted octanol–water partition coefficient (Wildman–Crippen LogP) is 3.45. The molecular formula is C22H31N3O. The summed E-state index contributed by atoms with van der Waals surface area (Å²) in [6.07, 6.45) is 5.69. The average Bonchev–Trinajstić information content (AvgIpc) is 2.61. The van der Waals surface area contributed by atoms with Crippen molar-refractivity contribution in [3.05, 3.63) is 42.0 Å². The Labute approximate surface area is 157 Å². The lowest BCUT2D eigenvalue weighted by atomic mass is 9.59. The highest BCUT2D eigenvalue weighted by Gasteiger charge is 2.49. The van der Waals surface area contributed by atoms with Gasteiger partial charge in [-0.15, -0.1) is 0 Å². The number of nitrogens with one attached hydrogen (secondary N) is 1. The maximum absolute atomic E-state index is 8.82. The van der Waals surface area contributed by atoms with Gasteiger partial charge >= 0.3 is 0 Å². The van der Waals surface area contributed by atoms with Gasteiger partial charge in [0.2, 0.25) is 0 Å². The van der Waals surface area contributed by atoms with Gasteiger partial charge in [0.25, 0.3) is 0 Å². The molecule has 26 heavy (non-hydrogen) atoms. The number of fused-ring (bicyclic) bond motifs is 2. The molecule has 2 aliphatic rings. The molecule has 1 aromatic carbocycles. The third-order valence-electron chi connectivity index (χ3n) is 6.07. The van der Waals surface area contributed by atoms with Crippen LogP contribution in [0.15, 0.2) is 36.4 Å². The van der Waals surface area contributed by atoms with E-state index in [4.69, 9.17) is 10.00 Å². The van der Waals surface area contributed by atoms with E-state index in [1.165, 1.54) is 19.5 Å². The second-order valence-electron chi connectivity index (χ2n) is 8.84. The predicted molar refractivity (Wildman–Crippen MR) is 105 cm³/mol. The standard InChI is InChI=1S/C22H31N3O/c1-21(2,3)22-12-19(14-24-16-22)15-25(17-22)10-4-5-11-26-20-8-6-18(13-23)7-9-20/h4-9,19,24H,10-12,14-17H2,1-3H3. The van der Waals surface area contributed by atoms with Crippen molar-refractivity contribution in [1.29, 1.82) is 5.26 Å². The molecule has 4 nitrogen and oxygen atoms in total. The van der Waals surface area contributed by atoms with E-state index in [0.29, 0.717) is 23.0 Å². The molecule has 2 atom stereocenters. The molecule has 0 saturated carbocycles. The maximum atomic E-state index is 8.82. The summed E-state index contributed by atoms with van der Waals surface area (Å²) in [5, 5.41) is 12.5. The summed E-state index contributed by atoms with van der Waals surface area (Å²) in [6, 6.07) is 9.38. The molecule has 0 radical (unpaired) electrons. The van der Waals surface area contributed by atoms with Gasteiger partial charge < -0.3 is 10.1 Å². The molecule has 0 aliphatic carbocycles. The normalized spacial score (nSPS) is 26.6. The van der Waals surface area contributed by atoms with Crippen LogP contribution in [0, 0.1) is 28.1 Å². The van der Waals surface area contributed by atoms with Gasteiger partial charge in [-0.25, -0.2) is 0 Å². The Bertz CT molecular complexity index is 668. The molecule has 1 aromatic rings. The number of piperidine rings is 2. The first kappa shape index (κ1) is 18.9. The SMILES string of the molecule is CC(C)(C)C12CNCC(CN(CC=CCOc3ccc(C#N)cc3)C1)C2. The van der Waals surface area contributed by atoms with Gasteiger partial charge in [0.15, 0.2) is 0 Å². The van der Waals surface area contributed by atoms with Gasteiger partial charge in [-0.3, -0.25) is 4.90 Å². The first-order valence-corrected chi connectivity index (χ1v) is 9.63. The molecule has 0 spiro atoms. The fourth-order valence-corrected chi connectivity index (χ4v) is 4.33. The first-order valence-electron chi connectivity index (χ1n) is 9.63. The topological polar surface area (TPSA) is 48.3 Å². The summed E-state index contributed by atoms with van der Waals surface area (Å²) >= 11 is 0. The third-order valence-corrected chi connectivity index (χ3v) is 6.07.